The number of aliphatic hydroxyl groups excluding tert-OH is 1. The number of nitrogens with zero attached hydrogens (tertiary/aromatic N) is 1. The van der Waals surface area contributed by atoms with E-state index >= 15 is 0 Å². The highest BCUT2D eigenvalue weighted by molar-refractivity contribution is 6.15. The van der Waals surface area contributed by atoms with Crippen LogP contribution >= 0.6 is 0 Å². The van der Waals surface area contributed by atoms with Gasteiger partial charge in [-0.05, 0) is 37.1 Å². The average molecular weight is 257 g/mol. The van der Waals surface area contributed by atoms with Crippen LogP contribution in [0.2, 0.25) is 0 Å². The number of aliphatic hydroxyl groups is 1. The van der Waals surface area contributed by atoms with Crippen molar-refractivity contribution in [2.75, 3.05) is 11.5 Å². The van der Waals surface area contributed by atoms with Crippen molar-refractivity contribution in [3.63, 3.8) is 0 Å². The molecule has 0 unspecified atom stereocenters. The minimum atomic E-state index is -0.190. The summed E-state index contributed by atoms with van der Waals surface area (Å²) in [6.07, 6.45) is 2.36. The highest BCUT2D eigenvalue weighted by Gasteiger charge is 2.25. The van der Waals surface area contributed by atoms with E-state index in [4.69, 9.17) is 5.11 Å². The van der Waals surface area contributed by atoms with Gasteiger partial charge in [0.2, 0.25) is 11.8 Å². The fourth-order valence-electron chi connectivity index (χ4n) is 2.04. The molecule has 0 radical (unpaired) electrons. The van der Waals surface area contributed by atoms with Crippen LogP contribution in [0.1, 0.15) is 31.2 Å². The SMILES string of the molecule is O=C1CCCCC(=O)N1c1ccc(C#CCO)cc1. The van der Waals surface area contributed by atoms with Crippen LogP contribution in [0.5, 0.6) is 0 Å². The summed E-state index contributed by atoms with van der Waals surface area (Å²) in [5.41, 5.74) is 1.33. The first-order chi connectivity index (χ1) is 9.22. The van der Waals surface area contributed by atoms with Crippen molar-refractivity contribution in [2.45, 2.75) is 25.7 Å². The van der Waals surface area contributed by atoms with E-state index < -0.39 is 0 Å². The number of hydrogen-bond acceptors (Lipinski definition) is 3. The summed E-state index contributed by atoms with van der Waals surface area (Å²) in [6, 6.07) is 6.90. The number of imide groups is 1. The summed E-state index contributed by atoms with van der Waals surface area (Å²) < 4.78 is 0. The standard InChI is InChI=1S/C15H15NO3/c17-11-3-4-12-7-9-13(10-8-12)16-14(18)5-1-2-6-15(16)19/h7-10,17H,1-2,5-6,11H2. The van der Waals surface area contributed by atoms with E-state index in [0.717, 1.165) is 18.4 Å². The number of carbonyl (C=O) groups excluding carboxylic acids is 2. The van der Waals surface area contributed by atoms with Gasteiger partial charge >= 0.3 is 0 Å². The molecule has 1 aliphatic heterocycles. The molecule has 4 heteroatoms. The van der Waals surface area contributed by atoms with Crippen LogP contribution in [0, 0.1) is 11.8 Å². The van der Waals surface area contributed by atoms with Gasteiger partial charge in [0.25, 0.3) is 0 Å². The third-order valence-electron chi connectivity index (χ3n) is 2.97. The van der Waals surface area contributed by atoms with Crippen molar-refractivity contribution < 1.29 is 14.7 Å². The van der Waals surface area contributed by atoms with E-state index in [1.54, 1.807) is 24.3 Å². The molecule has 0 bridgehead atoms. The Kier molecular flexibility index (Phi) is 4.32. The third kappa shape index (κ3) is 3.21. The van der Waals surface area contributed by atoms with E-state index in [1.807, 2.05) is 0 Å². The summed E-state index contributed by atoms with van der Waals surface area (Å²) in [6.45, 7) is -0.190. The molecule has 1 aromatic rings. The average Bonchev–Trinajstić information content (AvgIpc) is 2.58. The highest BCUT2D eigenvalue weighted by Crippen LogP contribution is 2.21. The highest BCUT2D eigenvalue weighted by atomic mass is 16.2. The smallest absolute Gasteiger partial charge is 0.233 e. The molecule has 98 valence electrons. The van der Waals surface area contributed by atoms with Gasteiger partial charge in [-0.25, -0.2) is 0 Å². The first-order valence-corrected chi connectivity index (χ1v) is 6.28. The Labute approximate surface area is 112 Å². The van der Waals surface area contributed by atoms with Gasteiger partial charge in [-0.2, -0.15) is 0 Å². The number of amides is 2. The van der Waals surface area contributed by atoms with E-state index in [0.29, 0.717) is 18.5 Å². The predicted molar refractivity (Wildman–Crippen MR) is 71.4 cm³/mol. The fourth-order valence-corrected chi connectivity index (χ4v) is 2.04. The minimum Gasteiger partial charge on any atom is -0.384 e. The Balaban J connectivity index is 2.24. The van der Waals surface area contributed by atoms with Gasteiger partial charge < -0.3 is 5.11 Å². The fraction of sp³-hybridized carbons (Fsp3) is 0.333. The summed E-state index contributed by atoms with van der Waals surface area (Å²) in [4.78, 5) is 25.1. The molecule has 1 heterocycles. The molecular weight excluding hydrogens is 242 g/mol. The quantitative estimate of drug-likeness (QED) is 0.612. The van der Waals surface area contributed by atoms with Crippen LogP contribution in [0.15, 0.2) is 24.3 Å². The van der Waals surface area contributed by atoms with Crippen molar-refractivity contribution >= 4 is 17.5 Å². The van der Waals surface area contributed by atoms with Gasteiger partial charge in [-0.15, -0.1) is 0 Å². The lowest BCUT2D eigenvalue weighted by Crippen LogP contribution is -2.34. The van der Waals surface area contributed by atoms with Gasteiger partial charge in [0.15, 0.2) is 0 Å². The van der Waals surface area contributed by atoms with Crippen LogP contribution in [0.25, 0.3) is 0 Å². The molecule has 1 N–H and O–H groups in total. The summed E-state index contributed by atoms with van der Waals surface area (Å²) >= 11 is 0. The van der Waals surface area contributed by atoms with E-state index in [-0.39, 0.29) is 18.4 Å². The molecule has 4 nitrogen and oxygen atoms in total. The maximum absolute atomic E-state index is 11.9. The Hall–Kier alpha value is -2.12. The topological polar surface area (TPSA) is 57.6 Å². The van der Waals surface area contributed by atoms with E-state index in [9.17, 15) is 9.59 Å². The molecule has 0 saturated carbocycles. The van der Waals surface area contributed by atoms with Crippen molar-refractivity contribution in [3.05, 3.63) is 29.8 Å². The summed E-state index contributed by atoms with van der Waals surface area (Å²) in [7, 11) is 0. The zero-order valence-corrected chi connectivity index (χ0v) is 10.6. The van der Waals surface area contributed by atoms with Gasteiger partial charge in [0.1, 0.15) is 6.61 Å². The molecule has 0 atom stereocenters. The second-order valence-corrected chi connectivity index (χ2v) is 4.34. The van der Waals surface area contributed by atoms with E-state index in [2.05, 4.69) is 11.8 Å². The molecule has 0 aromatic heterocycles. The lowest BCUT2D eigenvalue weighted by Gasteiger charge is -2.18. The van der Waals surface area contributed by atoms with Crippen LogP contribution in [-0.2, 0) is 9.59 Å². The zero-order chi connectivity index (χ0) is 13.7. The third-order valence-corrected chi connectivity index (χ3v) is 2.97. The van der Waals surface area contributed by atoms with Gasteiger partial charge in [-0.1, -0.05) is 11.8 Å². The van der Waals surface area contributed by atoms with Crippen LogP contribution in [0.4, 0.5) is 5.69 Å². The maximum Gasteiger partial charge on any atom is 0.233 e. The van der Waals surface area contributed by atoms with Crippen LogP contribution in [-0.4, -0.2) is 23.5 Å². The van der Waals surface area contributed by atoms with E-state index in [1.165, 1.54) is 4.90 Å². The summed E-state index contributed by atoms with van der Waals surface area (Å²) in [5, 5.41) is 8.62. The Morgan fingerprint density at radius 3 is 2.16 bits per heavy atom. The second-order valence-electron chi connectivity index (χ2n) is 4.34. The zero-order valence-electron chi connectivity index (χ0n) is 10.6. The second kappa shape index (κ2) is 6.17. The molecule has 0 aliphatic carbocycles. The van der Waals surface area contributed by atoms with Crippen LogP contribution < -0.4 is 4.90 Å². The predicted octanol–water partition coefficient (Wildman–Crippen LogP) is 1.46. The molecule has 1 fully saturated rings. The largest absolute Gasteiger partial charge is 0.384 e. The number of hydrogen-bond donors (Lipinski definition) is 1. The number of anilines is 1. The maximum atomic E-state index is 11.9. The molecule has 1 aliphatic rings. The molecule has 2 rings (SSSR count). The van der Waals surface area contributed by atoms with Gasteiger partial charge in [0, 0.05) is 18.4 Å². The molecule has 0 spiro atoms. The number of rotatable bonds is 1. The Bertz CT molecular complexity index is 519. The van der Waals surface area contributed by atoms with Crippen molar-refractivity contribution in [3.8, 4) is 11.8 Å². The van der Waals surface area contributed by atoms with Gasteiger partial charge in [0.05, 0.1) is 5.69 Å². The Morgan fingerprint density at radius 2 is 1.63 bits per heavy atom. The molecule has 1 saturated heterocycles. The lowest BCUT2D eigenvalue weighted by atomic mass is 10.2. The molecule has 2 amide bonds. The summed E-state index contributed by atoms with van der Waals surface area (Å²) in [5.74, 6) is 5.04. The van der Waals surface area contributed by atoms with Crippen LogP contribution in [0.3, 0.4) is 0 Å². The number of benzene rings is 1. The van der Waals surface area contributed by atoms with Crippen molar-refractivity contribution in [1.82, 2.24) is 0 Å². The first kappa shape index (κ1) is 13.3. The minimum absolute atomic E-state index is 0.142. The normalized spacial score (nSPS) is 15.7. The monoisotopic (exact) mass is 257 g/mol. The lowest BCUT2D eigenvalue weighted by molar-refractivity contribution is -0.125. The van der Waals surface area contributed by atoms with Gasteiger partial charge in [-0.3, -0.25) is 14.5 Å². The molecule has 19 heavy (non-hydrogen) atoms. The van der Waals surface area contributed by atoms with Crippen molar-refractivity contribution in [1.29, 1.82) is 0 Å². The first-order valence-electron chi connectivity index (χ1n) is 6.28. The molecular formula is C15H15NO3. The van der Waals surface area contributed by atoms with Crippen molar-refractivity contribution in [2.24, 2.45) is 0 Å². The molecule has 1 aromatic carbocycles. The Morgan fingerprint density at radius 1 is 1.05 bits per heavy atom. The number of carbonyl (C=O) groups is 2.